The number of hydrogen-bond acceptors (Lipinski definition) is 13. The number of thiazole rings is 1. The summed E-state index contributed by atoms with van der Waals surface area (Å²) in [6.07, 6.45) is 2.95. The van der Waals surface area contributed by atoms with Gasteiger partial charge in [-0.2, -0.15) is 13.2 Å². The van der Waals surface area contributed by atoms with E-state index in [1.807, 2.05) is 47.6 Å². The lowest BCUT2D eigenvalue weighted by molar-refractivity contribution is -0.139. The molecular formula is C58H66F3N7O8S2. The number of nitrogens with zero attached hydrogens (tertiary/aromatic N) is 5. The van der Waals surface area contributed by atoms with E-state index in [1.165, 1.54) is 17.4 Å². The van der Waals surface area contributed by atoms with Gasteiger partial charge in [0.2, 0.25) is 21.8 Å². The number of aryl methyl sites for hydroxylation is 1. The molecule has 0 spiro atoms. The third kappa shape index (κ3) is 11.2. The van der Waals surface area contributed by atoms with Crippen molar-refractivity contribution in [3.05, 3.63) is 107 Å². The molecule has 3 aromatic carbocycles. The highest BCUT2D eigenvalue weighted by molar-refractivity contribution is 7.91. The van der Waals surface area contributed by atoms with Crippen LogP contribution >= 0.6 is 11.3 Å². The van der Waals surface area contributed by atoms with Crippen molar-refractivity contribution < 1.29 is 50.2 Å². The zero-order valence-corrected chi connectivity index (χ0v) is 46.2. The van der Waals surface area contributed by atoms with Gasteiger partial charge < -0.3 is 29.5 Å². The van der Waals surface area contributed by atoms with E-state index in [0.29, 0.717) is 95.2 Å². The molecule has 2 N–H and O–H groups in total. The van der Waals surface area contributed by atoms with Crippen LogP contribution in [0, 0.1) is 18.3 Å². The average molecular weight is 1110 g/mol. The zero-order chi connectivity index (χ0) is 55.3. The highest BCUT2D eigenvalue weighted by Crippen LogP contribution is 2.58. The van der Waals surface area contributed by atoms with E-state index >= 15 is 9.59 Å². The van der Waals surface area contributed by atoms with Crippen molar-refractivity contribution in [1.82, 2.24) is 24.5 Å². The second-order valence-electron chi connectivity index (χ2n) is 22.2. The Morgan fingerprint density at radius 2 is 1.71 bits per heavy atom. The number of anilines is 2. The molecule has 78 heavy (non-hydrogen) atoms. The van der Waals surface area contributed by atoms with Crippen molar-refractivity contribution in [3.8, 4) is 22.2 Å². The maximum Gasteiger partial charge on any atom is 0.416 e. The number of halogens is 3. The molecule has 5 aliphatic rings. The number of pyridine rings is 1. The summed E-state index contributed by atoms with van der Waals surface area (Å²) < 4.78 is 81.5. The average Bonchev–Trinajstić information content (AvgIpc) is 4.32. The number of sulfonamides is 1. The van der Waals surface area contributed by atoms with Gasteiger partial charge in [0.1, 0.15) is 34.3 Å². The molecule has 4 fully saturated rings. The van der Waals surface area contributed by atoms with E-state index in [1.54, 1.807) is 54.2 Å². The fraction of sp³-hybridized carbons (Fsp3) is 0.483. The maximum absolute atomic E-state index is 15.4. The van der Waals surface area contributed by atoms with Crippen LogP contribution in [0.15, 0.2) is 84.3 Å². The number of rotatable bonds is 12. The first kappa shape index (κ1) is 54.8. The van der Waals surface area contributed by atoms with Crippen LogP contribution < -0.4 is 24.4 Å². The van der Waals surface area contributed by atoms with Crippen LogP contribution in [0.5, 0.6) is 11.5 Å². The number of methoxy groups -OCH3 is 1. The number of carbonyl (C=O) groups is 4. The molecule has 0 bridgehead atoms. The van der Waals surface area contributed by atoms with Crippen LogP contribution in [0.3, 0.4) is 0 Å². The third-order valence-corrected chi connectivity index (χ3v) is 19.4. The molecule has 2 saturated heterocycles. The van der Waals surface area contributed by atoms with Crippen molar-refractivity contribution >= 4 is 67.1 Å². The summed E-state index contributed by atoms with van der Waals surface area (Å²) in [4.78, 5) is 74.0. The van der Waals surface area contributed by atoms with E-state index in [4.69, 9.17) is 19.4 Å². The van der Waals surface area contributed by atoms with Crippen molar-refractivity contribution in [2.45, 2.75) is 127 Å². The van der Waals surface area contributed by atoms with Gasteiger partial charge in [0.15, 0.2) is 5.78 Å². The number of benzene rings is 3. The van der Waals surface area contributed by atoms with Gasteiger partial charge in [0.25, 0.3) is 5.91 Å². The topological polar surface area (TPSA) is 180 Å². The normalized spacial score (nSPS) is 24.2. The van der Waals surface area contributed by atoms with Crippen LogP contribution in [-0.4, -0.2) is 114 Å². The molecule has 15 nitrogen and oxygen atoms in total. The summed E-state index contributed by atoms with van der Waals surface area (Å²) in [7, 11) is -2.43. The van der Waals surface area contributed by atoms with Gasteiger partial charge >= 0.3 is 6.18 Å². The predicted molar refractivity (Wildman–Crippen MR) is 293 cm³/mol. The van der Waals surface area contributed by atoms with Gasteiger partial charge in [-0.25, -0.2) is 18.4 Å². The minimum absolute atomic E-state index is 0.0106. The maximum atomic E-state index is 15.4. The molecule has 5 heterocycles. The molecule has 20 heteroatoms. The quantitative estimate of drug-likeness (QED) is 0.113. The minimum Gasteiger partial charge on any atom is -0.496 e. The number of fused-ring (bicyclic) bond motifs is 3. The number of ketones is 1. The number of Topliss-reactive ketones (excluding diaryl/α,β-unsaturated/α-hetero) is 1. The van der Waals surface area contributed by atoms with Gasteiger partial charge in [0, 0.05) is 78.4 Å². The van der Waals surface area contributed by atoms with Gasteiger partial charge in [-0.05, 0) is 113 Å². The largest absolute Gasteiger partial charge is 0.496 e. The zero-order valence-electron chi connectivity index (χ0n) is 44.5. The van der Waals surface area contributed by atoms with Gasteiger partial charge in [0.05, 0.1) is 46.6 Å². The van der Waals surface area contributed by atoms with Crippen LogP contribution in [0.25, 0.3) is 21.6 Å². The van der Waals surface area contributed by atoms with Crippen molar-refractivity contribution in [2.75, 3.05) is 50.1 Å². The predicted octanol–water partition coefficient (Wildman–Crippen LogP) is 10.1. The Kier molecular flexibility index (Phi) is 15.2. The van der Waals surface area contributed by atoms with Crippen LogP contribution in [0.1, 0.15) is 118 Å². The monoisotopic (exact) mass is 1110 g/mol. The molecule has 2 saturated carbocycles. The Hall–Kier alpha value is -6.54. The first-order valence-electron chi connectivity index (χ1n) is 26.9. The lowest BCUT2D eigenvalue weighted by Crippen LogP contribution is -2.49. The minimum atomic E-state index is -4.48. The van der Waals surface area contributed by atoms with E-state index < -0.39 is 56.0 Å². The lowest BCUT2D eigenvalue weighted by atomic mass is 9.91. The van der Waals surface area contributed by atoms with Crippen LogP contribution in [-0.2, 0) is 30.6 Å². The fourth-order valence-corrected chi connectivity index (χ4v) is 13.4. The molecule has 10 rings (SSSR count). The number of allylic oxidation sites excluding steroid dienone is 2. The molecule has 0 radical (unpaired) electrons. The lowest BCUT2D eigenvalue weighted by Gasteiger charge is -2.36. The molecule has 3 amide bonds. The molecular weight excluding hydrogens is 1040 g/mol. The molecule has 414 valence electrons. The van der Waals surface area contributed by atoms with Crippen LogP contribution in [0.4, 0.5) is 24.5 Å². The first-order valence-corrected chi connectivity index (χ1v) is 29.3. The molecule has 2 aromatic heterocycles. The van der Waals surface area contributed by atoms with Gasteiger partial charge in [-0.15, -0.1) is 11.3 Å². The smallest absolute Gasteiger partial charge is 0.416 e. The number of carbonyl (C=O) groups excluding carboxylic acids is 4. The Balaban J connectivity index is 0.943. The number of aromatic nitrogens is 2. The van der Waals surface area contributed by atoms with E-state index in [0.717, 1.165) is 36.2 Å². The van der Waals surface area contributed by atoms with Gasteiger partial charge in [-0.1, -0.05) is 51.0 Å². The summed E-state index contributed by atoms with van der Waals surface area (Å²) in [6.45, 7) is 8.91. The summed E-state index contributed by atoms with van der Waals surface area (Å²) >= 11 is 1.47. The van der Waals surface area contributed by atoms with Gasteiger partial charge in [-0.3, -0.25) is 23.9 Å². The standard InChI is InChI=1S/C58H66F3N7O8S2/c1-35(2)46-34-77-52(64-46)45-30-50(43-19-20-49(75-5)36(3)51(43)63-45)76-42-29-47-48(69)32-57(55(72)65-78(73,74)56(4)21-22-56)31-39(57)14-9-7-6-8-10-18-44(54(71)68(47)33-42)62-40-16-11-13-37(27-40)53(70)67-25-23-66(24-26-67)41-17-12-15-38(28-41)58(59,60)61/h9,11-17,19-20,27-28,30,34-35,39,42,44,47,62H,6-8,10,18,21-26,29,31-33H2,1-5H3,(H,65,72)/b14-9-/t39-,42+,44-,47-,57+/m0/s1. The molecule has 0 unspecified atom stereocenters. The summed E-state index contributed by atoms with van der Waals surface area (Å²) in [5, 5.41) is 6.84. The van der Waals surface area contributed by atoms with E-state index in [9.17, 15) is 31.2 Å². The third-order valence-electron chi connectivity index (χ3n) is 16.4. The summed E-state index contributed by atoms with van der Waals surface area (Å²) in [5.74, 6) is -0.791. The Morgan fingerprint density at radius 1 is 0.936 bits per heavy atom. The summed E-state index contributed by atoms with van der Waals surface area (Å²) in [5.41, 5.74) is 2.17. The number of nitrogens with one attached hydrogen (secondary N) is 2. The van der Waals surface area contributed by atoms with Crippen molar-refractivity contribution in [3.63, 3.8) is 0 Å². The SMILES string of the molecule is COc1ccc2c(O[C@@H]3C[C@H]4C(=O)C[C@]5(C(=O)NS(=O)(=O)C6(C)CC6)C[C@@H]5/C=C\CCCCC[C@H](Nc5cccc(C(=O)N6CCN(c7cccc(C(F)(F)F)c7)CC6)c5)C(=O)N4C3)cc(-c3nc(C(C)C)cs3)nc2c1C. The number of hydrogen-bond donors (Lipinski definition) is 2. The number of piperazine rings is 1. The second-order valence-corrected chi connectivity index (χ2v) is 25.2. The number of amides is 3. The van der Waals surface area contributed by atoms with Crippen molar-refractivity contribution in [1.29, 1.82) is 0 Å². The molecule has 5 aromatic rings. The highest BCUT2D eigenvalue weighted by Gasteiger charge is 2.62. The molecule has 3 aliphatic heterocycles. The Morgan fingerprint density at radius 3 is 2.42 bits per heavy atom. The van der Waals surface area contributed by atoms with Crippen molar-refractivity contribution in [2.24, 2.45) is 11.3 Å². The second kappa shape index (κ2) is 21.6. The molecule has 2 aliphatic carbocycles. The Bertz CT molecular complexity index is 3280. The molecule has 5 atom stereocenters. The first-order chi connectivity index (χ1) is 37.2. The highest BCUT2D eigenvalue weighted by atomic mass is 32.2. The summed E-state index contributed by atoms with van der Waals surface area (Å²) in [6, 6.07) is 15.7. The van der Waals surface area contributed by atoms with Crippen LogP contribution in [0.2, 0.25) is 0 Å². The van der Waals surface area contributed by atoms with E-state index in [2.05, 4.69) is 23.9 Å². The number of alkyl halides is 3. The Labute approximate surface area is 457 Å². The fourth-order valence-electron chi connectivity index (χ4n) is 11.1. The van der Waals surface area contributed by atoms with E-state index in [-0.39, 0.29) is 68.3 Å². The number of ether oxygens (including phenoxy) is 2.